The normalized spacial score (nSPS) is 20.2. The molecule has 1 N–H and O–H groups in total. The molecule has 80 valence electrons. The zero-order chi connectivity index (χ0) is 10.8. The monoisotopic (exact) mass is 244 g/mol. The van der Waals surface area contributed by atoms with Crippen LogP contribution >= 0.6 is 23.4 Å². The van der Waals surface area contributed by atoms with Crippen molar-refractivity contribution in [3.8, 4) is 0 Å². The van der Waals surface area contributed by atoms with Gasteiger partial charge in [0.1, 0.15) is 5.82 Å². The van der Waals surface area contributed by atoms with Crippen LogP contribution in [0.2, 0.25) is 5.02 Å². The van der Waals surface area contributed by atoms with Crippen LogP contribution in [0.3, 0.4) is 0 Å². The summed E-state index contributed by atoms with van der Waals surface area (Å²) < 4.78 is 13.0. The Morgan fingerprint density at radius 2 is 2.40 bits per heavy atom. The summed E-state index contributed by atoms with van der Waals surface area (Å²) in [6.07, 6.45) is 0. The lowest BCUT2D eigenvalue weighted by Gasteiger charge is -2.06. The summed E-state index contributed by atoms with van der Waals surface area (Å²) in [7, 11) is 0. The fourth-order valence-electron chi connectivity index (χ4n) is 1.25. The molecule has 0 aromatic heterocycles. The standard InChI is InChI=1S/C10H10ClFN2S/c1-6-5-15-10(13-6)14-9-4-7(12)2-3-8(9)11/h2-4,6H,5H2,1H3,(H,13,14). The maximum absolute atomic E-state index is 13.0. The number of anilines is 1. The molecule has 2 nitrogen and oxygen atoms in total. The van der Waals surface area contributed by atoms with Gasteiger partial charge in [0.25, 0.3) is 0 Å². The molecule has 15 heavy (non-hydrogen) atoms. The molecule has 1 aliphatic rings. The number of nitrogens with zero attached hydrogens (tertiary/aromatic N) is 1. The zero-order valence-corrected chi connectivity index (χ0v) is 9.70. The van der Waals surface area contributed by atoms with E-state index in [1.807, 2.05) is 6.92 Å². The van der Waals surface area contributed by atoms with Gasteiger partial charge >= 0.3 is 0 Å². The third-order valence-corrected chi connectivity index (χ3v) is 3.43. The summed E-state index contributed by atoms with van der Waals surface area (Å²) in [4.78, 5) is 4.34. The van der Waals surface area contributed by atoms with Gasteiger partial charge in [-0.1, -0.05) is 23.4 Å². The average molecular weight is 245 g/mol. The van der Waals surface area contributed by atoms with Crippen LogP contribution in [0.5, 0.6) is 0 Å². The zero-order valence-electron chi connectivity index (χ0n) is 8.13. The number of halogens is 2. The number of benzene rings is 1. The Morgan fingerprint density at radius 1 is 1.60 bits per heavy atom. The van der Waals surface area contributed by atoms with Gasteiger partial charge in [-0.25, -0.2) is 4.39 Å². The predicted octanol–water partition coefficient (Wildman–Crippen LogP) is 3.38. The lowest BCUT2D eigenvalue weighted by molar-refractivity contribution is 0.628. The van der Waals surface area contributed by atoms with Crippen LogP contribution in [0.1, 0.15) is 6.92 Å². The van der Waals surface area contributed by atoms with Gasteiger partial charge < -0.3 is 5.32 Å². The Hall–Kier alpha value is -0.740. The fraction of sp³-hybridized carbons (Fsp3) is 0.300. The van der Waals surface area contributed by atoms with Crippen molar-refractivity contribution in [1.29, 1.82) is 0 Å². The molecule has 0 amide bonds. The average Bonchev–Trinajstić information content (AvgIpc) is 2.58. The van der Waals surface area contributed by atoms with Crippen LogP contribution in [0.25, 0.3) is 0 Å². The van der Waals surface area contributed by atoms with Gasteiger partial charge in [-0.15, -0.1) is 0 Å². The van der Waals surface area contributed by atoms with E-state index in [0.717, 1.165) is 10.9 Å². The number of aliphatic imine (C=N–C) groups is 1. The summed E-state index contributed by atoms with van der Waals surface area (Å²) >= 11 is 7.54. The van der Waals surface area contributed by atoms with Crippen molar-refractivity contribution in [3.05, 3.63) is 29.0 Å². The van der Waals surface area contributed by atoms with E-state index in [-0.39, 0.29) is 5.82 Å². The summed E-state index contributed by atoms with van der Waals surface area (Å²) in [5.74, 6) is 0.647. The molecule has 1 aliphatic heterocycles. The molecule has 1 aromatic carbocycles. The quantitative estimate of drug-likeness (QED) is 0.819. The van der Waals surface area contributed by atoms with Gasteiger partial charge in [0.05, 0.1) is 16.8 Å². The molecule has 0 radical (unpaired) electrons. The summed E-state index contributed by atoms with van der Waals surface area (Å²) in [5, 5.41) is 4.32. The summed E-state index contributed by atoms with van der Waals surface area (Å²) in [6.45, 7) is 2.04. The summed E-state index contributed by atoms with van der Waals surface area (Å²) in [6, 6.07) is 4.54. The maximum atomic E-state index is 13.0. The van der Waals surface area contributed by atoms with E-state index < -0.39 is 0 Å². The van der Waals surface area contributed by atoms with Gasteiger partial charge in [-0.2, -0.15) is 0 Å². The molecule has 0 saturated heterocycles. The number of hydrogen-bond acceptors (Lipinski definition) is 3. The lowest BCUT2D eigenvalue weighted by atomic mass is 10.3. The number of nitrogens with one attached hydrogen (secondary N) is 1. The van der Waals surface area contributed by atoms with E-state index in [1.165, 1.54) is 18.2 Å². The molecule has 0 aliphatic carbocycles. The third-order valence-electron chi connectivity index (χ3n) is 1.97. The van der Waals surface area contributed by atoms with Crippen molar-refractivity contribution < 1.29 is 4.39 Å². The molecule has 0 bridgehead atoms. The largest absolute Gasteiger partial charge is 0.334 e. The second kappa shape index (κ2) is 4.41. The SMILES string of the molecule is CC1CSC(Nc2cc(F)ccc2Cl)=N1. The highest BCUT2D eigenvalue weighted by Gasteiger charge is 2.14. The van der Waals surface area contributed by atoms with Crippen molar-refractivity contribution >= 4 is 34.2 Å². The van der Waals surface area contributed by atoms with Crippen LogP contribution in [-0.4, -0.2) is 17.0 Å². The van der Waals surface area contributed by atoms with Crippen molar-refractivity contribution in [1.82, 2.24) is 0 Å². The number of amidine groups is 1. The van der Waals surface area contributed by atoms with Crippen molar-refractivity contribution in [2.75, 3.05) is 11.1 Å². The first-order valence-corrected chi connectivity index (χ1v) is 5.94. The molecular weight excluding hydrogens is 235 g/mol. The molecule has 0 fully saturated rings. The Kier molecular flexibility index (Phi) is 3.17. The van der Waals surface area contributed by atoms with E-state index >= 15 is 0 Å². The Balaban J connectivity index is 2.17. The van der Waals surface area contributed by atoms with Gasteiger partial charge in [-0.05, 0) is 25.1 Å². The minimum Gasteiger partial charge on any atom is -0.334 e. The second-order valence-electron chi connectivity index (χ2n) is 3.34. The van der Waals surface area contributed by atoms with Gasteiger partial charge in [-0.3, -0.25) is 4.99 Å². The predicted molar refractivity (Wildman–Crippen MR) is 64.4 cm³/mol. The molecule has 0 spiro atoms. The highest BCUT2D eigenvalue weighted by molar-refractivity contribution is 8.14. The topological polar surface area (TPSA) is 24.4 Å². The molecule has 1 heterocycles. The van der Waals surface area contributed by atoms with E-state index in [2.05, 4.69) is 10.3 Å². The molecule has 0 saturated carbocycles. The van der Waals surface area contributed by atoms with Crippen LogP contribution in [-0.2, 0) is 0 Å². The lowest BCUT2D eigenvalue weighted by Crippen LogP contribution is -2.05. The molecule has 1 aromatic rings. The third kappa shape index (κ3) is 2.63. The molecule has 1 atom stereocenters. The van der Waals surface area contributed by atoms with Crippen LogP contribution in [0.15, 0.2) is 23.2 Å². The van der Waals surface area contributed by atoms with E-state index in [9.17, 15) is 4.39 Å². The Bertz CT molecular complexity index is 408. The van der Waals surface area contributed by atoms with E-state index in [4.69, 9.17) is 11.6 Å². The molecule has 2 rings (SSSR count). The minimum absolute atomic E-state index is 0.307. The fourth-order valence-corrected chi connectivity index (χ4v) is 2.33. The molecule has 1 unspecified atom stereocenters. The van der Waals surface area contributed by atoms with Gasteiger partial charge in [0.2, 0.25) is 0 Å². The first-order chi connectivity index (χ1) is 7.15. The van der Waals surface area contributed by atoms with Gasteiger partial charge in [0, 0.05) is 5.75 Å². The number of rotatable bonds is 1. The number of hydrogen-bond donors (Lipinski definition) is 1. The molecular formula is C10H10ClFN2S. The van der Waals surface area contributed by atoms with E-state index in [1.54, 1.807) is 11.8 Å². The van der Waals surface area contributed by atoms with Crippen molar-refractivity contribution in [2.45, 2.75) is 13.0 Å². The van der Waals surface area contributed by atoms with Crippen molar-refractivity contribution in [2.24, 2.45) is 4.99 Å². The minimum atomic E-state index is -0.307. The smallest absolute Gasteiger partial charge is 0.161 e. The highest BCUT2D eigenvalue weighted by atomic mass is 35.5. The van der Waals surface area contributed by atoms with Gasteiger partial charge in [0.15, 0.2) is 5.17 Å². The van der Waals surface area contributed by atoms with Crippen LogP contribution < -0.4 is 5.32 Å². The first kappa shape index (κ1) is 10.8. The number of thioether (sulfide) groups is 1. The van der Waals surface area contributed by atoms with Crippen molar-refractivity contribution in [3.63, 3.8) is 0 Å². The Labute approximate surface area is 96.9 Å². The van der Waals surface area contributed by atoms with E-state index in [0.29, 0.717) is 16.8 Å². The maximum Gasteiger partial charge on any atom is 0.161 e. The molecule has 5 heteroatoms. The first-order valence-electron chi connectivity index (χ1n) is 4.58. The second-order valence-corrected chi connectivity index (χ2v) is 4.76. The van der Waals surface area contributed by atoms with Crippen LogP contribution in [0.4, 0.5) is 10.1 Å². The highest BCUT2D eigenvalue weighted by Crippen LogP contribution is 2.26. The summed E-state index contributed by atoms with van der Waals surface area (Å²) in [5.41, 5.74) is 0.567. The Morgan fingerprint density at radius 3 is 3.07 bits per heavy atom. The van der Waals surface area contributed by atoms with Crippen LogP contribution in [0, 0.1) is 5.82 Å².